The number of nitrogens with zero attached hydrogens (tertiary/aromatic N) is 5. The Bertz CT molecular complexity index is 1070. The number of hydrogen-bond acceptors (Lipinski definition) is 7. The van der Waals surface area contributed by atoms with Gasteiger partial charge in [-0.2, -0.15) is 0 Å². The van der Waals surface area contributed by atoms with Gasteiger partial charge in [-0.15, -0.1) is 10.2 Å². The molecule has 1 aromatic heterocycles. The first-order chi connectivity index (χ1) is 15.8. The molecule has 0 bridgehead atoms. The van der Waals surface area contributed by atoms with Gasteiger partial charge in [-0.05, 0) is 39.0 Å². The summed E-state index contributed by atoms with van der Waals surface area (Å²) in [4.78, 5) is 19.6. The fraction of sp³-hybridized carbons (Fsp3) is 0.522. The van der Waals surface area contributed by atoms with Crippen molar-refractivity contribution in [2.45, 2.75) is 38.4 Å². The Labute approximate surface area is 192 Å². The molecule has 0 aliphatic carbocycles. The number of nitrogens with one attached hydrogen (secondary N) is 2. The van der Waals surface area contributed by atoms with Gasteiger partial charge < -0.3 is 30.4 Å². The van der Waals surface area contributed by atoms with E-state index < -0.39 is 11.6 Å². The van der Waals surface area contributed by atoms with E-state index in [0.717, 1.165) is 18.8 Å². The normalized spacial score (nSPS) is 27.0. The lowest BCUT2D eigenvalue weighted by atomic mass is 9.92. The Morgan fingerprint density at radius 1 is 1.21 bits per heavy atom. The van der Waals surface area contributed by atoms with Crippen LogP contribution in [-0.2, 0) is 0 Å². The molecule has 2 aromatic rings. The van der Waals surface area contributed by atoms with Crippen LogP contribution >= 0.6 is 0 Å². The Morgan fingerprint density at radius 3 is 2.73 bits per heavy atom. The van der Waals surface area contributed by atoms with Crippen LogP contribution in [0.5, 0.6) is 5.75 Å². The van der Waals surface area contributed by atoms with Crippen LogP contribution in [0.15, 0.2) is 24.3 Å². The zero-order chi connectivity index (χ0) is 23.3. The minimum Gasteiger partial charge on any atom is -0.504 e. The number of hydrogen-bond donors (Lipinski definition) is 3. The van der Waals surface area contributed by atoms with Gasteiger partial charge in [0.2, 0.25) is 0 Å². The third kappa shape index (κ3) is 3.62. The Balaban J connectivity index is 1.42. The molecule has 4 heterocycles. The molecule has 1 aromatic carbocycles. The van der Waals surface area contributed by atoms with Gasteiger partial charge in [0.1, 0.15) is 0 Å². The van der Waals surface area contributed by atoms with Gasteiger partial charge in [-0.1, -0.05) is 6.07 Å². The van der Waals surface area contributed by atoms with Crippen molar-refractivity contribution in [1.82, 2.24) is 25.3 Å². The summed E-state index contributed by atoms with van der Waals surface area (Å²) in [6.07, 6.45) is 0. The predicted octanol–water partition coefficient (Wildman–Crippen LogP) is 2.10. The minimum absolute atomic E-state index is 0.0846. The molecule has 0 saturated carbocycles. The molecule has 3 N–H and O–H groups in total. The third-order valence-corrected chi connectivity index (χ3v) is 7.06. The molecule has 33 heavy (non-hydrogen) atoms. The Morgan fingerprint density at radius 2 is 1.97 bits per heavy atom. The molecular weight excluding hydrogens is 425 g/mol. The van der Waals surface area contributed by atoms with Crippen molar-refractivity contribution in [2.24, 2.45) is 0 Å². The third-order valence-electron chi connectivity index (χ3n) is 7.06. The molecule has 0 spiro atoms. The van der Waals surface area contributed by atoms with Crippen LogP contribution in [-0.4, -0.2) is 88.0 Å². The SMILES string of the molecule is C[C@@H]1CNC[C@H](C)N1C(=O)N1CCN2c3cc(-c4cccc(F)c4O)nnc3NCC2(C)C1. The number of benzene rings is 1. The van der Waals surface area contributed by atoms with Crippen LogP contribution < -0.4 is 15.5 Å². The summed E-state index contributed by atoms with van der Waals surface area (Å²) in [6, 6.07) is 6.58. The smallest absolute Gasteiger partial charge is 0.320 e. The highest BCUT2D eigenvalue weighted by Gasteiger charge is 2.45. The average Bonchev–Trinajstić information content (AvgIpc) is 2.79. The molecule has 5 rings (SSSR count). The van der Waals surface area contributed by atoms with Crippen LogP contribution in [0.25, 0.3) is 11.3 Å². The number of halogens is 1. The van der Waals surface area contributed by atoms with Gasteiger partial charge in [0.05, 0.1) is 16.9 Å². The lowest BCUT2D eigenvalue weighted by Gasteiger charge is -2.54. The van der Waals surface area contributed by atoms with E-state index >= 15 is 0 Å². The summed E-state index contributed by atoms with van der Waals surface area (Å²) in [5, 5.41) is 25.4. The molecule has 0 radical (unpaired) electrons. The number of phenolic OH excluding ortho intramolecular Hbond substituents is 1. The number of fused-ring (bicyclic) bond motifs is 3. The lowest BCUT2D eigenvalue weighted by molar-refractivity contribution is 0.0863. The number of phenols is 1. The van der Waals surface area contributed by atoms with Crippen LogP contribution in [0.2, 0.25) is 0 Å². The number of carbonyl (C=O) groups excluding carboxylic acids is 1. The number of piperazine rings is 2. The fourth-order valence-corrected chi connectivity index (χ4v) is 5.31. The van der Waals surface area contributed by atoms with Crippen molar-refractivity contribution >= 4 is 17.5 Å². The molecule has 3 aliphatic heterocycles. The highest BCUT2D eigenvalue weighted by molar-refractivity contribution is 5.79. The van der Waals surface area contributed by atoms with Crippen LogP contribution in [0, 0.1) is 5.82 Å². The molecule has 1 unspecified atom stereocenters. The maximum atomic E-state index is 13.9. The van der Waals surface area contributed by atoms with Crippen molar-refractivity contribution in [3.05, 3.63) is 30.1 Å². The highest BCUT2D eigenvalue weighted by atomic mass is 19.1. The number of anilines is 2. The van der Waals surface area contributed by atoms with E-state index in [9.17, 15) is 14.3 Å². The lowest BCUT2D eigenvalue weighted by Crippen LogP contribution is -2.69. The van der Waals surface area contributed by atoms with E-state index in [1.165, 1.54) is 12.1 Å². The molecule has 2 saturated heterocycles. The molecule has 3 aliphatic rings. The maximum absolute atomic E-state index is 13.9. The Kier molecular flexibility index (Phi) is 5.27. The monoisotopic (exact) mass is 455 g/mol. The van der Waals surface area contributed by atoms with Gasteiger partial charge in [0.15, 0.2) is 17.4 Å². The van der Waals surface area contributed by atoms with Crippen molar-refractivity contribution in [2.75, 3.05) is 49.5 Å². The standard InChI is InChI=1S/C23H30FN7O2/c1-14-10-25-11-15(2)31(14)22(33)29-7-8-30-19-9-18(16-5-4-6-17(24)20(16)32)27-28-21(19)26-12-23(30,3)13-29/h4-6,9,14-15,25,32H,7-8,10-13H2,1-3H3,(H,26,28)/t14-,15+,23?. The predicted molar refractivity (Wildman–Crippen MR) is 124 cm³/mol. The first-order valence-electron chi connectivity index (χ1n) is 11.4. The molecule has 10 heteroatoms. The number of aromatic hydroxyl groups is 1. The van der Waals surface area contributed by atoms with Gasteiger partial charge in [0, 0.05) is 56.9 Å². The second-order valence-corrected chi connectivity index (χ2v) is 9.57. The second-order valence-electron chi connectivity index (χ2n) is 9.57. The van der Waals surface area contributed by atoms with E-state index in [0.29, 0.717) is 43.3 Å². The molecule has 2 amide bonds. The summed E-state index contributed by atoms with van der Waals surface area (Å²) in [5.41, 5.74) is 1.20. The van der Waals surface area contributed by atoms with E-state index in [2.05, 4.69) is 46.5 Å². The highest BCUT2D eigenvalue weighted by Crippen LogP contribution is 2.40. The Hall–Kier alpha value is -3.14. The second kappa shape index (κ2) is 8.02. The summed E-state index contributed by atoms with van der Waals surface area (Å²) >= 11 is 0. The molecule has 9 nitrogen and oxygen atoms in total. The number of carbonyl (C=O) groups is 1. The number of urea groups is 1. The first kappa shape index (κ1) is 21.7. The van der Waals surface area contributed by atoms with E-state index in [1.54, 1.807) is 6.07 Å². The zero-order valence-corrected chi connectivity index (χ0v) is 19.2. The van der Waals surface area contributed by atoms with Crippen LogP contribution in [0.4, 0.5) is 20.7 Å². The largest absolute Gasteiger partial charge is 0.504 e. The van der Waals surface area contributed by atoms with Crippen molar-refractivity contribution < 1.29 is 14.3 Å². The van der Waals surface area contributed by atoms with E-state index in [1.807, 2.05) is 15.9 Å². The molecule has 176 valence electrons. The van der Waals surface area contributed by atoms with Crippen molar-refractivity contribution in [3.63, 3.8) is 0 Å². The molecule has 3 atom stereocenters. The average molecular weight is 456 g/mol. The molecular formula is C23H30FN7O2. The van der Waals surface area contributed by atoms with Crippen LogP contribution in [0.1, 0.15) is 20.8 Å². The number of rotatable bonds is 1. The fourth-order valence-electron chi connectivity index (χ4n) is 5.31. The van der Waals surface area contributed by atoms with E-state index in [4.69, 9.17) is 0 Å². The van der Waals surface area contributed by atoms with Gasteiger partial charge in [0.25, 0.3) is 0 Å². The summed E-state index contributed by atoms with van der Waals surface area (Å²) in [5.74, 6) is -0.484. The number of amides is 2. The van der Waals surface area contributed by atoms with Crippen molar-refractivity contribution in [3.8, 4) is 17.0 Å². The summed E-state index contributed by atoms with van der Waals surface area (Å²) < 4.78 is 13.9. The summed E-state index contributed by atoms with van der Waals surface area (Å²) in [6.45, 7) is 10.3. The minimum atomic E-state index is -0.696. The number of para-hydroxylation sites is 1. The summed E-state index contributed by atoms with van der Waals surface area (Å²) in [7, 11) is 0. The van der Waals surface area contributed by atoms with Crippen molar-refractivity contribution in [1.29, 1.82) is 0 Å². The van der Waals surface area contributed by atoms with Crippen LogP contribution in [0.3, 0.4) is 0 Å². The van der Waals surface area contributed by atoms with Gasteiger partial charge in [-0.25, -0.2) is 9.18 Å². The quantitative estimate of drug-likeness (QED) is 0.606. The first-order valence-corrected chi connectivity index (χ1v) is 11.4. The molecule has 2 fully saturated rings. The number of aromatic nitrogens is 2. The van der Waals surface area contributed by atoms with Gasteiger partial charge >= 0.3 is 6.03 Å². The topological polar surface area (TPSA) is 96.9 Å². The van der Waals surface area contributed by atoms with E-state index in [-0.39, 0.29) is 23.7 Å². The maximum Gasteiger partial charge on any atom is 0.320 e. The van der Waals surface area contributed by atoms with Gasteiger partial charge in [-0.3, -0.25) is 0 Å². The zero-order valence-electron chi connectivity index (χ0n) is 19.2.